The van der Waals surface area contributed by atoms with Crippen LogP contribution in [0.3, 0.4) is 0 Å². The number of benzene rings is 1. The molecule has 27 heavy (non-hydrogen) atoms. The molecule has 1 aromatic heterocycles. The van der Waals surface area contributed by atoms with Crippen molar-refractivity contribution in [3.8, 4) is 11.8 Å². The highest BCUT2D eigenvalue weighted by Gasteiger charge is 2.31. The zero-order valence-corrected chi connectivity index (χ0v) is 15.1. The van der Waals surface area contributed by atoms with Gasteiger partial charge in [0.05, 0.1) is 40.8 Å². The molecule has 2 aromatic rings. The number of hydrogen-bond donors (Lipinski definition) is 2. The molecule has 1 saturated heterocycles. The van der Waals surface area contributed by atoms with Crippen LogP contribution in [0.1, 0.15) is 31.0 Å². The molecule has 1 aliphatic rings. The van der Waals surface area contributed by atoms with Crippen molar-refractivity contribution >= 4 is 17.7 Å². The SMILES string of the molecule is CCCc1c(NC(=O)N2CCC(C(=O)O)C2)cnn1-c1cccc(C#N)c1. The average molecular weight is 367 g/mol. The Morgan fingerprint density at radius 1 is 1.44 bits per heavy atom. The molecule has 0 radical (unpaired) electrons. The van der Waals surface area contributed by atoms with Crippen molar-refractivity contribution < 1.29 is 14.7 Å². The van der Waals surface area contributed by atoms with Gasteiger partial charge in [0.2, 0.25) is 0 Å². The van der Waals surface area contributed by atoms with E-state index in [0.29, 0.717) is 30.6 Å². The summed E-state index contributed by atoms with van der Waals surface area (Å²) in [6, 6.07) is 8.91. The Labute approximate surface area is 157 Å². The minimum atomic E-state index is -0.873. The van der Waals surface area contributed by atoms with E-state index in [1.54, 1.807) is 29.1 Å². The van der Waals surface area contributed by atoms with Crippen molar-refractivity contribution in [2.24, 2.45) is 5.92 Å². The molecule has 1 aliphatic heterocycles. The number of aliphatic carboxylic acids is 1. The molecule has 0 aliphatic carbocycles. The van der Waals surface area contributed by atoms with Gasteiger partial charge in [0.15, 0.2) is 0 Å². The Balaban J connectivity index is 1.82. The lowest BCUT2D eigenvalue weighted by Gasteiger charge is -2.17. The fourth-order valence-corrected chi connectivity index (χ4v) is 3.23. The van der Waals surface area contributed by atoms with Crippen molar-refractivity contribution in [3.63, 3.8) is 0 Å². The zero-order valence-electron chi connectivity index (χ0n) is 15.1. The topological polar surface area (TPSA) is 111 Å². The van der Waals surface area contributed by atoms with Gasteiger partial charge in [-0.15, -0.1) is 0 Å². The number of carbonyl (C=O) groups excluding carboxylic acids is 1. The van der Waals surface area contributed by atoms with E-state index in [4.69, 9.17) is 10.4 Å². The number of carbonyl (C=O) groups is 2. The minimum Gasteiger partial charge on any atom is -0.481 e. The molecule has 0 bridgehead atoms. The van der Waals surface area contributed by atoms with Crippen LogP contribution in [-0.2, 0) is 11.2 Å². The standard InChI is InChI=1S/C19H21N5O3/c1-2-4-17-16(22-19(27)23-8-7-14(12-23)18(25)26)11-21-24(17)15-6-3-5-13(9-15)10-20/h3,5-6,9,11,14H,2,4,7-8,12H2,1H3,(H,22,27)(H,25,26). The minimum absolute atomic E-state index is 0.211. The molecule has 1 unspecified atom stereocenters. The molecular formula is C19H21N5O3. The van der Waals surface area contributed by atoms with Gasteiger partial charge in [-0.05, 0) is 31.0 Å². The van der Waals surface area contributed by atoms with Crippen molar-refractivity contribution in [1.29, 1.82) is 5.26 Å². The largest absolute Gasteiger partial charge is 0.481 e. The van der Waals surface area contributed by atoms with E-state index >= 15 is 0 Å². The summed E-state index contributed by atoms with van der Waals surface area (Å²) in [6.07, 6.45) is 3.61. The van der Waals surface area contributed by atoms with Crippen molar-refractivity contribution in [2.75, 3.05) is 18.4 Å². The quantitative estimate of drug-likeness (QED) is 0.844. The Hall–Kier alpha value is -3.34. The number of hydrogen-bond acceptors (Lipinski definition) is 4. The average Bonchev–Trinajstić information content (AvgIpc) is 3.30. The van der Waals surface area contributed by atoms with Crippen LogP contribution in [0, 0.1) is 17.2 Å². The van der Waals surface area contributed by atoms with E-state index in [9.17, 15) is 9.59 Å². The van der Waals surface area contributed by atoms with Gasteiger partial charge in [0.1, 0.15) is 0 Å². The second-order valence-corrected chi connectivity index (χ2v) is 6.53. The van der Waals surface area contributed by atoms with Crippen LogP contribution in [0.25, 0.3) is 5.69 Å². The van der Waals surface area contributed by atoms with E-state index in [0.717, 1.165) is 17.8 Å². The highest BCUT2D eigenvalue weighted by atomic mass is 16.4. The number of nitriles is 1. The number of nitrogens with one attached hydrogen (secondary N) is 1. The van der Waals surface area contributed by atoms with Crippen molar-refractivity contribution in [3.05, 3.63) is 41.7 Å². The third-order valence-electron chi connectivity index (χ3n) is 4.64. The van der Waals surface area contributed by atoms with E-state index in [2.05, 4.69) is 16.5 Å². The maximum Gasteiger partial charge on any atom is 0.321 e. The lowest BCUT2D eigenvalue weighted by molar-refractivity contribution is -0.141. The van der Waals surface area contributed by atoms with Gasteiger partial charge in [-0.2, -0.15) is 10.4 Å². The number of rotatable bonds is 5. The summed E-state index contributed by atoms with van der Waals surface area (Å²) in [4.78, 5) is 25.1. The first-order valence-corrected chi connectivity index (χ1v) is 8.89. The van der Waals surface area contributed by atoms with Gasteiger partial charge in [-0.3, -0.25) is 4.79 Å². The highest BCUT2D eigenvalue weighted by Crippen LogP contribution is 2.23. The summed E-state index contributed by atoms with van der Waals surface area (Å²) in [6.45, 7) is 2.67. The summed E-state index contributed by atoms with van der Waals surface area (Å²) >= 11 is 0. The van der Waals surface area contributed by atoms with Crippen LogP contribution in [-0.4, -0.2) is 44.9 Å². The van der Waals surface area contributed by atoms with Crippen LogP contribution in [0.15, 0.2) is 30.5 Å². The highest BCUT2D eigenvalue weighted by molar-refractivity contribution is 5.90. The third kappa shape index (κ3) is 3.92. The number of urea groups is 1. The number of aromatic nitrogens is 2. The molecule has 0 saturated carbocycles. The monoisotopic (exact) mass is 367 g/mol. The third-order valence-corrected chi connectivity index (χ3v) is 4.64. The fraction of sp³-hybridized carbons (Fsp3) is 0.368. The van der Waals surface area contributed by atoms with Crippen LogP contribution in [0.4, 0.5) is 10.5 Å². The summed E-state index contributed by atoms with van der Waals surface area (Å²) < 4.78 is 1.73. The molecule has 8 heteroatoms. The predicted octanol–water partition coefficient (Wildman–Crippen LogP) is 2.63. The Morgan fingerprint density at radius 3 is 2.93 bits per heavy atom. The molecule has 8 nitrogen and oxygen atoms in total. The van der Waals surface area contributed by atoms with Crippen LogP contribution in [0.2, 0.25) is 0 Å². The number of anilines is 1. The first kappa shape index (κ1) is 18.5. The Morgan fingerprint density at radius 2 is 2.26 bits per heavy atom. The lowest BCUT2D eigenvalue weighted by atomic mass is 10.1. The maximum atomic E-state index is 12.5. The molecule has 1 aromatic carbocycles. The number of carboxylic acids is 1. The van der Waals surface area contributed by atoms with Gasteiger partial charge in [0.25, 0.3) is 0 Å². The van der Waals surface area contributed by atoms with E-state index in [-0.39, 0.29) is 12.6 Å². The lowest BCUT2D eigenvalue weighted by Crippen LogP contribution is -2.34. The van der Waals surface area contributed by atoms with Gasteiger partial charge >= 0.3 is 12.0 Å². The fourth-order valence-electron chi connectivity index (χ4n) is 3.23. The van der Waals surface area contributed by atoms with Crippen molar-refractivity contribution in [2.45, 2.75) is 26.2 Å². The Bertz CT molecular complexity index is 899. The predicted molar refractivity (Wildman–Crippen MR) is 98.6 cm³/mol. The van der Waals surface area contributed by atoms with Crippen molar-refractivity contribution in [1.82, 2.24) is 14.7 Å². The van der Waals surface area contributed by atoms with E-state index in [1.807, 2.05) is 13.0 Å². The first-order chi connectivity index (χ1) is 13.0. The normalized spacial score (nSPS) is 16.1. The molecule has 140 valence electrons. The smallest absolute Gasteiger partial charge is 0.321 e. The zero-order chi connectivity index (χ0) is 19.4. The number of amides is 2. The molecule has 2 amide bonds. The maximum absolute atomic E-state index is 12.5. The van der Waals surface area contributed by atoms with Gasteiger partial charge in [-0.1, -0.05) is 19.4 Å². The second kappa shape index (κ2) is 7.91. The number of carboxylic acid groups (broad SMARTS) is 1. The molecule has 3 rings (SSSR count). The van der Waals surface area contributed by atoms with Gasteiger partial charge in [-0.25, -0.2) is 9.48 Å². The summed E-state index contributed by atoms with van der Waals surface area (Å²) in [5.41, 5.74) is 2.73. The molecule has 1 atom stereocenters. The summed E-state index contributed by atoms with van der Waals surface area (Å²) in [5.74, 6) is -1.38. The van der Waals surface area contributed by atoms with Crippen LogP contribution >= 0.6 is 0 Å². The van der Waals surface area contributed by atoms with E-state index < -0.39 is 11.9 Å². The van der Waals surface area contributed by atoms with Crippen LogP contribution < -0.4 is 5.32 Å². The number of nitrogens with zero attached hydrogens (tertiary/aromatic N) is 4. The Kier molecular flexibility index (Phi) is 5.41. The molecule has 1 fully saturated rings. The summed E-state index contributed by atoms with van der Waals surface area (Å²) in [7, 11) is 0. The number of likely N-dealkylation sites (tertiary alicyclic amines) is 1. The second-order valence-electron chi connectivity index (χ2n) is 6.53. The van der Waals surface area contributed by atoms with Gasteiger partial charge < -0.3 is 15.3 Å². The first-order valence-electron chi connectivity index (χ1n) is 8.89. The molecular weight excluding hydrogens is 346 g/mol. The molecule has 2 heterocycles. The molecule has 2 N–H and O–H groups in total. The molecule has 0 spiro atoms. The summed E-state index contributed by atoms with van der Waals surface area (Å²) in [5, 5.41) is 25.4. The van der Waals surface area contributed by atoms with Gasteiger partial charge in [0, 0.05) is 13.1 Å². The van der Waals surface area contributed by atoms with Crippen LogP contribution in [0.5, 0.6) is 0 Å². The van der Waals surface area contributed by atoms with E-state index in [1.165, 1.54) is 4.90 Å².